The fourth-order valence-electron chi connectivity index (χ4n) is 2.50. The lowest BCUT2D eigenvalue weighted by molar-refractivity contribution is -0.124. The molecule has 2 rings (SSSR count). The van der Waals surface area contributed by atoms with Gasteiger partial charge in [-0.2, -0.15) is 5.10 Å². The molecule has 2 amide bonds. The van der Waals surface area contributed by atoms with E-state index in [1.54, 1.807) is 0 Å². The van der Waals surface area contributed by atoms with Crippen LogP contribution < -0.4 is 15.5 Å². The molecule has 0 aliphatic heterocycles. The van der Waals surface area contributed by atoms with Crippen LogP contribution in [-0.2, 0) is 9.59 Å². The zero-order valence-electron chi connectivity index (χ0n) is 15.9. The Hall–Kier alpha value is -3.15. The van der Waals surface area contributed by atoms with E-state index in [0.29, 0.717) is 12.4 Å². The van der Waals surface area contributed by atoms with Gasteiger partial charge in [-0.15, -0.1) is 0 Å². The summed E-state index contributed by atoms with van der Waals surface area (Å²) in [4.78, 5) is 23.9. The van der Waals surface area contributed by atoms with Crippen molar-refractivity contribution in [2.75, 3.05) is 11.9 Å². The van der Waals surface area contributed by atoms with Crippen LogP contribution in [0.15, 0.2) is 47.6 Å². The molecule has 0 aliphatic carbocycles. The van der Waals surface area contributed by atoms with Crippen molar-refractivity contribution in [3.63, 3.8) is 0 Å². The highest BCUT2D eigenvalue weighted by molar-refractivity contribution is 5.94. The number of ether oxygens (including phenoxy) is 1. The molecule has 0 spiro atoms. The molecule has 2 aromatic carbocycles. The number of anilines is 1. The first-order chi connectivity index (χ1) is 13.0. The van der Waals surface area contributed by atoms with Gasteiger partial charge in [0.05, 0.1) is 12.8 Å². The molecule has 0 saturated heterocycles. The van der Waals surface area contributed by atoms with E-state index in [1.165, 1.54) is 6.21 Å². The number of rotatable bonds is 8. The van der Waals surface area contributed by atoms with Gasteiger partial charge >= 0.3 is 0 Å². The maximum atomic E-state index is 12.0. The number of carbonyl (C=O) groups is 2. The molecule has 0 aromatic heterocycles. The van der Waals surface area contributed by atoms with Gasteiger partial charge < -0.3 is 10.1 Å². The van der Waals surface area contributed by atoms with E-state index in [0.717, 1.165) is 22.4 Å². The van der Waals surface area contributed by atoms with Gasteiger partial charge in [0.25, 0.3) is 0 Å². The molecule has 0 aliphatic rings. The average Bonchev–Trinajstić information content (AvgIpc) is 2.64. The van der Waals surface area contributed by atoms with E-state index in [4.69, 9.17) is 4.74 Å². The highest BCUT2D eigenvalue weighted by atomic mass is 16.5. The van der Waals surface area contributed by atoms with E-state index in [-0.39, 0.29) is 24.7 Å². The number of nitrogens with one attached hydrogen (secondary N) is 2. The molecule has 142 valence electrons. The molecule has 2 N–H and O–H groups in total. The van der Waals surface area contributed by atoms with Crippen molar-refractivity contribution in [3.8, 4) is 5.75 Å². The predicted octanol–water partition coefficient (Wildman–Crippen LogP) is 3.57. The third-order valence-corrected chi connectivity index (χ3v) is 3.85. The Morgan fingerprint density at radius 2 is 1.81 bits per heavy atom. The number of para-hydroxylation sites is 1. The molecule has 0 heterocycles. The van der Waals surface area contributed by atoms with E-state index in [1.807, 2.05) is 63.2 Å². The largest absolute Gasteiger partial charge is 0.493 e. The lowest BCUT2D eigenvalue weighted by Gasteiger charge is -2.09. The van der Waals surface area contributed by atoms with Crippen molar-refractivity contribution in [1.82, 2.24) is 5.43 Å². The molecular formula is C21H25N3O3. The van der Waals surface area contributed by atoms with Gasteiger partial charge in [0.15, 0.2) is 0 Å². The number of hydrogen-bond acceptors (Lipinski definition) is 4. The minimum absolute atomic E-state index is 0.0567. The van der Waals surface area contributed by atoms with Crippen LogP contribution in [0.25, 0.3) is 0 Å². The third kappa shape index (κ3) is 6.58. The molecule has 0 unspecified atom stereocenters. The van der Waals surface area contributed by atoms with Crippen molar-refractivity contribution in [3.05, 3.63) is 59.2 Å². The standard InChI is InChI=1S/C21H25N3O3/c1-4-27-19-8-6-5-7-17(19)14-22-24-21(26)12-11-20(25)23-18-10-9-15(2)13-16(18)3/h5-10,13-14H,4,11-12H2,1-3H3,(H,23,25)(H,24,26). The summed E-state index contributed by atoms with van der Waals surface area (Å²) in [5.74, 6) is 0.171. The fraction of sp³-hybridized carbons (Fsp3) is 0.286. The SMILES string of the molecule is CCOc1ccccc1C=NNC(=O)CCC(=O)Nc1ccc(C)cc1C. The minimum atomic E-state index is -0.323. The quantitative estimate of drug-likeness (QED) is 0.553. The molecule has 0 fully saturated rings. The Kier molecular flexibility index (Phi) is 7.55. The van der Waals surface area contributed by atoms with Gasteiger partial charge in [-0.25, -0.2) is 5.43 Å². The topological polar surface area (TPSA) is 79.8 Å². The molecule has 0 bridgehead atoms. The summed E-state index contributed by atoms with van der Waals surface area (Å²) in [6.07, 6.45) is 1.67. The molecule has 6 heteroatoms. The number of benzene rings is 2. The second-order valence-corrected chi connectivity index (χ2v) is 6.13. The number of hydrogen-bond donors (Lipinski definition) is 2. The first kappa shape index (κ1) is 20.2. The van der Waals surface area contributed by atoms with Crippen LogP contribution in [0.4, 0.5) is 5.69 Å². The van der Waals surface area contributed by atoms with Crippen molar-refractivity contribution >= 4 is 23.7 Å². The van der Waals surface area contributed by atoms with Crippen molar-refractivity contribution < 1.29 is 14.3 Å². The zero-order valence-corrected chi connectivity index (χ0v) is 15.9. The molecule has 0 saturated carbocycles. The highest BCUT2D eigenvalue weighted by Crippen LogP contribution is 2.17. The van der Waals surface area contributed by atoms with Gasteiger partial charge in [0, 0.05) is 24.1 Å². The Morgan fingerprint density at radius 1 is 1.07 bits per heavy atom. The second kappa shape index (κ2) is 10.1. The van der Waals surface area contributed by atoms with E-state index < -0.39 is 0 Å². The smallest absolute Gasteiger partial charge is 0.240 e. The van der Waals surface area contributed by atoms with Gasteiger partial charge in [-0.1, -0.05) is 29.8 Å². The van der Waals surface area contributed by atoms with Gasteiger partial charge in [0.1, 0.15) is 5.75 Å². The van der Waals surface area contributed by atoms with Gasteiger partial charge in [-0.3, -0.25) is 9.59 Å². The van der Waals surface area contributed by atoms with Crippen LogP contribution in [0.3, 0.4) is 0 Å². The van der Waals surface area contributed by atoms with Crippen LogP contribution in [0.2, 0.25) is 0 Å². The zero-order chi connectivity index (χ0) is 19.6. The maximum absolute atomic E-state index is 12.0. The van der Waals surface area contributed by atoms with Crippen LogP contribution in [0.5, 0.6) is 5.75 Å². The monoisotopic (exact) mass is 367 g/mol. The summed E-state index contributed by atoms with van der Waals surface area (Å²) < 4.78 is 5.49. The molecule has 0 atom stereocenters. The Balaban J connectivity index is 1.80. The summed E-state index contributed by atoms with van der Waals surface area (Å²) in [7, 11) is 0. The summed E-state index contributed by atoms with van der Waals surface area (Å²) in [6.45, 7) is 6.38. The Bertz CT molecular complexity index is 831. The van der Waals surface area contributed by atoms with Crippen LogP contribution in [-0.4, -0.2) is 24.6 Å². The average molecular weight is 367 g/mol. The lowest BCUT2D eigenvalue weighted by Crippen LogP contribution is -2.21. The number of amides is 2. The first-order valence-electron chi connectivity index (χ1n) is 8.90. The van der Waals surface area contributed by atoms with Gasteiger partial charge in [-0.05, 0) is 44.5 Å². The van der Waals surface area contributed by atoms with E-state index in [9.17, 15) is 9.59 Å². The highest BCUT2D eigenvalue weighted by Gasteiger charge is 2.08. The van der Waals surface area contributed by atoms with Crippen molar-refractivity contribution in [2.45, 2.75) is 33.6 Å². The first-order valence-corrected chi connectivity index (χ1v) is 8.90. The van der Waals surface area contributed by atoms with Crippen molar-refractivity contribution in [1.29, 1.82) is 0 Å². The predicted molar refractivity (Wildman–Crippen MR) is 107 cm³/mol. The van der Waals surface area contributed by atoms with Crippen molar-refractivity contribution in [2.24, 2.45) is 5.10 Å². The van der Waals surface area contributed by atoms with Crippen LogP contribution in [0, 0.1) is 13.8 Å². The van der Waals surface area contributed by atoms with E-state index >= 15 is 0 Å². The summed E-state index contributed by atoms with van der Waals surface area (Å²) in [5.41, 5.74) is 6.09. The Morgan fingerprint density at radius 3 is 2.56 bits per heavy atom. The maximum Gasteiger partial charge on any atom is 0.240 e. The second-order valence-electron chi connectivity index (χ2n) is 6.13. The normalized spacial score (nSPS) is 10.6. The molecule has 0 radical (unpaired) electrons. The lowest BCUT2D eigenvalue weighted by atomic mass is 10.1. The van der Waals surface area contributed by atoms with Gasteiger partial charge in [0.2, 0.25) is 11.8 Å². The molecule has 2 aromatic rings. The summed E-state index contributed by atoms with van der Waals surface area (Å²) in [6, 6.07) is 13.2. The molecular weight excluding hydrogens is 342 g/mol. The Labute approximate surface area is 159 Å². The van der Waals surface area contributed by atoms with Crippen LogP contribution >= 0.6 is 0 Å². The number of nitrogens with zero attached hydrogens (tertiary/aromatic N) is 1. The fourth-order valence-corrected chi connectivity index (χ4v) is 2.50. The molecule has 27 heavy (non-hydrogen) atoms. The number of aryl methyl sites for hydroxylation is 2. The third-order valence-electron chi connectivity index (χ3n) is 3.85. The number of carbonyl (C=O) groups excluding carboxylic acids is 2. The molecule has 6 nitrogen and oxygen atoms in total. The summed E-state index contributed by atoms with van der Waals surface area (Å²) >= 11 is 0. The number of hydrazone groups is 1. The summed E-state index contributed by atoms with van der Waals surface area (Å²) in [5, 5.41) is 6.76. The minimum Gasteiger partial charge on any atom is -0.493 e. The van der Waals surface area contributed by atoms with Crippen LogP contribution in [0.1, 0.15) is 36.5 Å². The van der Waals surface area contributed by atoms with E-state index in [2.05, 4.69) is 15.8 Å².